The van der Waals surface area contributed by atoms with Crippen molar-refractivity contribution in [3.05, 3.63) is 69.7 Å². The van der Waals surface area contributed by atoms with Crippen LogP contribution in [0.25, 0.3) is 5.69 Å². The minimum Gasteiger partial charge on any atom is -0.437 e. The first-order valence-corrected chi connectivity index (χ1v) is 12.8. The van der Waals surface area contributed by atoms with E-state index in [0.717, 1.165) is 18.2 Å². The van der Waals surface area contributed by atoms with Gasteiger partial charge in [-0.2, -0.15) is 9.78 Å². The van der Waals surface area contributed by atoms with Gasteiger partial charge in [0.15, 0.2) is 5.69 Å². The van der Waals surface area contributed by atoms with Gasteiger partial charge in [-0.05, 0) is 58.0 Å². The largest absolute Gasteiger partial charge is 0.437 e. The van der Waals surface area contributed by atoms with Gasteiger partial charge in [-0.15, -0.1) is 0 Å². The van der Waals surface area contributed by atoms with Gasteiger partial charge in [0.05, 0.1) is 17.2 Å². The number of benzene rings is 2. The molecule has 3 rings (SSSR count). The van der Waals surface area contributed by atoms with E-state index in [-0.39, 0.29) is 36.0 Å². The zero-order valence-electron chi connectivity index (χ0n) is 21.4. The number of methoxy groups -OCH3 is 1. The van der Waals surface area contributed by atoms with Crippen molar-refractivity contribution in [1.29, 1.82) is 0 Å². The number of sulfonamides is 1. The van der Waals surface area contributed by atoms with Crippen LogP contribution in [0.3, 0.4) is 0 Å². The van der Waals surface area contributed by atoms with Crippen LogP contribution in [0.4, 0.5) is 10.1 Å². The fourth-order valence-corrected chi connectivity index (χ4v) is 4.96. The molecular formula is C24H28FN5O7S. The normalized spacial score (nSPS) is 11.8. The Bertz CT molecular complexity index is 1450. The molecule has 2 aromatic carbocycles. The summed E-state index contributed by atoms with van der Waals surface area (Å²) in [5.41, 5.74) is -0.831. The average Bonchev–Trinajstić information content (AvgIpc) is 3.14. The number of halogens is 1. The lowest BCUT2D eigenvalue weighted by Gasteiger charge is -2.21. The number of carbonyl (C=O) groups excluding carboxylic acids is 1. The lowest BCUT2D eigenvalue weighted by molar-refractivity contribution is -0.385. The number of hydrogen-bond acceptors (Lipinski definition) is 8. The highest BCUT2D eigenvalue weighted by molar-refractivity contribution is 7.89. The van der Waals surface area contributed by atoms with E-state index < -0.39 is 42.8 Å². The molecule has 0 radical (unpaired) electrons. The number of carbonyl (C=O) groups is 1. The number of nitro benzene ring substituents is 1. The zero-order valence-corrected chi connectivity index (χ0v) is 22.3. The van der Waals surface area contributed by atoms with Crippen molar-refractivity contribution in [1.82, 2.24) is 19.8 Å². The predicted octanol–water partition coefficient (Wildman–Crippen LogP) is 3.47. The molecule has 0 atom stereocenters. The van der Waals surface area contributed by atoms with Gasteiger partial charge >= 0.3 is 0 Å². The lowest BCUT2D eigenvalue weighted by atomic mass is 10.1. The molecule has 0 spiro atoms. The summed E-state index contributed by atoms with van der Waals surface area (Å²) in [7, 11) is -2.81. The van der Waals surface area contributed by atoms with Crippen LogP contribution in [0.2, 0.25) is 0 Å². The van der Waals surface area contributed by atoms with Crippen LogP contribution >= 0.6 is 0 Å². The van der Waals surface area contributed by atoms with Crippen LogP contribution in [0.5, 0.6) is 11.6 Å². The molecule has 14 heteroatoms. The maximum Gasteiger partial charge on any atom is 0.272 e. The Hall–Kier alpha value is -3.88. The van der Waals surface area contributed by atoms with Crippen molar-refractivity contribution in [3.8, 4) is 17.3 Å². The summed E-state index contributed by atoms with van der Waals surface area (Å²) in [5, 5.41) is 18.4. The second-order valence-corrected chi connectivity index (χ2v) is 10.9. The number of non-ortho nitro benzene ring substituents is 1. The van der Waals surface area contributed by atoms with Crippen molar-refractivity contribution in [2.24, 2.45) is 0 Å². The molecule has 0 bridgehead atoms. The minimum atomic E-state index is -4.30. The van der Waals surface area contributed by atoms with Gasteiger partial charge in [0.25, 0.3) is 11.6 Å². The Morgan fingerprint density at radius 3 is 2.42 bits per heavy atom. The van der Waals surface area contributed by atoms with E-state index in [4.69, 9.17) is 9.47 Å². The third kappa shape index (κ3) is 6.70. The summed E-state index contributed by atoms with van der Waals surface area (Å²) in [6.07, 6.45) is 0. The number of rotatable bonds is 10. The molecule has 12 nitrogen and oxygen atoms in total. The molecule has 0 aliphatic rings. The van der Waals surface area contributed by atoms with Crippen molar-refractivity contribution in [3.63, 3.8) is 0 Å². The van der Waals surface area contributed by atoms with E-state index in [1.54, 1.807) is 27.7 Å². The maximum atomic E-state index is 13.6. The predicted molar refractivity (Wildman–Crippen MR) is 136 cm³/mol. The molecule has 0 unspecified atom stereocenters. The lowest BCUT2D eigenvalue weighted by Crippen LogP contribution is -2.40. The van der Waals surface area contributed by atoms with Crippen LogP contribution in [-0.4, -0.2) is 54.8 Å². The highest BCUT2D eigenvalue weighted by Gasteiger charge is 2.30. The molecule has 0 aliphatic carbocycles. The quantitative estimate of drug-likeness (QED) is 0.221. The summed E-state index contributed by atoms with van der Waals surface area (Å²) in [6.45, 7) is 6.86. The van der Waals surface area contributed by atoms with E-state index in [1.165, 1.54) is 36.1 Å². The Labute approximate surface area is 219 Å². The van der Waals surface area contributed by atoms with E-state index in [1.807, 2.05) is 0 Å². The van der Waals surface area contributed by atoms with Gasteiger partial charge in [-0.1, -0.05) is 0 Å². The number of hydrogen-bond donors (Lipinski definition) is 2. The van der Waals surface area contributed by atoms with Crippen LogP contribution in [0, 0.1) is 22.9 Å². The summed E-state index contributed by atoms with van der Waals surface area (Å²) >= 11 is 0. The van der Waals surface area contributed by atoms with E-state index in [0.29, 0.717) is 5.69 Å². The SMILES string of the molecule is COCCNC(=O)c1nn(-c2ccc(F)cc2)c(Oc2ccc([N+](=O)[O-])cc2S(=O)(=O)NC(C)(C)C)c1C. The smallest absolute Gasteiger partial charge is 0.272 e. The van der Waals surface area contributed by atoms with Crippen molar-refractivity contribution < 1.29 is 32.0 Å². The number of amides is 1. The molecule has 0 fully saturated rings. The van der Waals surface area contributed by atoms with Crippen LogP contribution in [0.1, 0.15) is 36.8 Å². The van der Waals surface area contributed by atoms with Gasteiger partial charge in [-0.3, -0.25) is 14.9 Å². The summed E-state index contributed by atoms with van der Waals surface area (Å²) in [4.78, 5) is 23.0. The number of nitrogens with zero attached hydrogens (tertiary/aromatic N) is 3. The Morgan fingerprint density at radius 2 is 1.84 bits per heavy atom. The number of aromatic nitrogens is 2. The first-order valence-electron chi connectivity index (χ1n) is 11.4. The zero-order chi connectivity index (χ0) is 28.3. The molecule has 3 aromatic rings. The molecular weight excluding hydrogens is 521 g/mol. The molecule has 1 amide bonds. The maximum absolute atomic E-state index is 13.6. The van der Waals surface area contributed by atoms with Crippen molar-refractivity contribution >= 4 is 21.6 Å². The van der Waals surface area contributed by atoms with Crippen LogP contribution in [0.15, 0.2) is 47.4 Å². The molecule has 0 aliphatic heterocycles. The first kappa shape index (κ1) is 28.7. The number of nitrogens with one attached hydrogen (secondary N) is 2. The average molecular weight is 550 g/mol. The van der Waals surface area contributed by atoms with E-state index in [9.17, 15) is 27.7 Å². The van der Waals surface area contributed by atoms with Gasteiger partial charge in [-0.25, -0.2) is 17.5 Å². The standard InChI is InChI=1S/C24H28FN5O7S/c1-15-21(22(31)26-12-13-36-5)27-29(17-8-6-16(25)7-9-17)23(15)37-19-11-10-18(30(32)33)14-20(19)38(34,35)28-24(2,3)4/h6-11,14,28H,12-13H2,1-5H3,(H,26,31). The molecule has 204 valence electrons. The van der Waals surface area contributed by atoms with Crippen LogP contribution in [-0.2, 0) is 14.8 Å². The van der Waals surface area contributed by atoms with Gasteiger partial charge in [0, 0.05) is 36.9 Å². The van der Waals surface area contributed by atoms with Gasteiger partial charge in [0.2, 0.25) is 15.9 Å². The number of nitro groups is 1. The van der Waals surface area contributed by atoms with E-state index in [2.05, 4.69) is 15.1 Å². The monoisotopic (exact) mass is 549 g/mol. The molecule has 0 saturated carbocycles. The Kier molecular flexibility index (Phi) is 8.49. The minimum absolute atomic E-state index is 0.0282. The van der Waals surface area contributed by atoms with Gasteiger partial charge < -0.3 is 14.8 Å². The molecule has 0 saturated heterocycles. The summed E-state index contributed by atoms with van der Waals surface area (Å²) in [5.74, 6) is -1.34. The summed E-state index contributed by atoms with van der Waals surface area (Å²) in [6, 6.07) is 8.29. The Morgan fingerprint density at radius 1 is 1.18 bits per heavy atom. The second kappa shape index (κ2) is 11.2. The van der Waals surface area contributed by atoms with Crippen LogP contribution < -0.4 is 14.8 Å². The molecule has 2 N–H and O–H groups in total. The topological polar surface area (TPSA) is 155 Å². The van der Waals surface area contributed by atoms with Gasteiger partial charge in [0.1, 0.15) is 16.5 Å². The second-order valence-electron chi connectivity index (χ2n) is 9.26. The third-order valence-corrected chi connectivity index (χ3v) is 6.80. The molecule has 1 heterocycles. The molecule has 1 aromatic heterocycles. The number of ether oxygens (including phenoxy) is 2. The van der Waals surface area contributed by atoms with Crippen molar-refractivity contribution in [2.45, 2.75) is 38.1 Å². The third-order valence-electron chi connectivity index (χ3n) is 5.02. The highest BCUT2D eigenvalue weighted by Crippen LogP contribution is 2.36. The fraction of sp³-hybridized carbons (Fsp3) is 0.333. The van der Waals surface area contributed by atoms with Crippen molar-refractivity contribution in [2.75, 3.05) is 20.3 Å². The highest BCUT2D eigenvalue weighted by atomic mass is 32.2. The molecule has 38 heavy (non-hydrogen) atoms. The first-order chi connectivity index (χ1) is 17.7. The van der Waals surface area contributed by atoms with E-state index >= 15 is 0 Å². The fourth-order valence-electron chi connectivity index (χ4n) is 3.39. The summed E-state index contributed by atoms with van der Waals surface area (Å²) < 4.78 is 54.6. The Balaban J connectivity index is 2.18.